The average Bonchev–Trinajstić information content (AvgIpc) is 2.74. The van der Waals surface area contributed by atoms with Gasteiger partial charge in [-0.3, -0.25) is 14.9 Å². The molecule has 7 heteroatoms. The number of likely N-dealkylation sites (tertiary alicyclic amines) is 1. The van der Waals surface area contributed by atoms with Crippen LogP contribution in [0.2, 0.25) is 0 Å². The summed E-state index contributed by atoms with van der Waals surface area (Å²) in [5, 5.41) is 13.5. The number of nitrogens with one attached hydrogen (secondary N) is 2. The van der Waals surface area contributed by atoms with Gasteiger partial charge in [0.15, 0.2) is 0 Å². The molecule has 6 nitrogen and oxygen atoms in total. The lowest BCUT2D eigenvalue weighted by Gasteiger charge is -2.24. The number of nitro groups is 1. The minimum atomic E-state index is -0.423. The standard InChI is InChI=1S/C22H27N3O3S/c1-17(29-21-11-9-20(10-12-21)25(27)28)22(26)23-15-18-7-3-4-8-19(18)16-24-13-5-2-6-14-24/h3-4,7-12,17H,2,5-6,13-16H2,1H3,(H,23,26)/p+1/t17-/m0/s1. The maximum Gasteiger partial charge on any atom is 0.269 e. The highest BCUT2D eigenvalue weighted by atomic mass is 32.2. The summed E-state index contributed by atoms with van der Waals surface area (Å²) >= 11 is 1.40. The van der Waals surface area contributed by atoms with E-state index in [2.05, 4.69) is 23.5 Å². The molecular weight excluding hydrogens is 386 g/mol. The summed E-state index contributed by atoms with van der Waals surface area (Å²) in [4.78, 5) is 25.3. The number of quaternary nitrogens is 1. The molecule has 0 saturated carbocycles. The number of nitro benzene ring substituents is 1. The SMILES string of the molecule is C[C@H](Sc1ccc([N+](=O)[O-])cc1)C(=O)NCc1ccccc1C[NH+]1CCCCC1. The van der Waals surface area contributed by atoms with Gasteiger partial charge >= 0.3 is 0 Å². The summed E-state index contributed by atoms with van der Waals surface area (Å²) in [6, 6.07) is 14.6. The van der Waals surface area contributed by atoms with Crippen LogP contribution in [0.3, 0.4) is 0 Å². The largest absolute Gasteiger partial charge is 0.351 e. The lowest BCUT2D eigenvalue weighted by atomic mass is 10.0. The Hall–Kier alpha value is -2.38. The van der Waals surface area contributed by atoms with Crippen LogP contribution < -0.4 is 10.2 Å². The topological polar surface area (TPSA) is 76.7 Å². The Morgan fingerprint density at radius 1 is 1.10 bits per heavy atom. The molecule has 154 valence electrons. The molecule has 1 atom stereocenters. The predicted molar refractivity (Wildman–Crippen MR) is 115 cm³/mol. The zero-order valence-corrected chi connectivity index (χ0v) is 17.5. The van der Waals surface area contributed by atoms with Crippen molar-refractivity contribution in [3.05, 3.63) is 69.8 Å². The van der Waals surface area contributed by atoms with Crippen LogP contribution in [-0.4, -0.2) is 29.2 Å². The molecule has 0 aromatic heterocycles. The summed E-state index contributed by atoms with van der Waals surface area (Å²) in [5.74, 6) is -0.0338. The highest BCUT2D eigenvalue weighted by Gasteiger charge is 2.18. The molecule has 1 aliphatic heterocycles. The van der Waals surface area contributed by atoms with E-state index in [4.69, 9.17) is 0 Å². The smallest absolute Gasteiger partial charge is 0.269 e. The number of piperidine rings is 1. The van der Waals surface area contributed by atoms with Gasteiger partial charge in [-0.25, -0.2) is 0 Å². The second kappa shape index (κ2) is 10.4. The molecule has 1 fully saturated rings. The van der Waals surface area contributed by atoms with Crippen molar-refractivity contribution >= 4 is 23.4 Å². The van der Waals surface area contributed by atoms with Crippen LogP contribution in [0.5, 0.6) is 0 Å². The molecule has 1 amide bonds. The van der Waals surface area contributed by atoms with Crippen molar-refractivity contribution in [3.63, 3.8) is 0 Å². The van der Waals surface area contributed by atoms with Crippen molar-refractivity contribution in [2.24, 2.45) is 0 Å². The van der Waals surface area contributed by atoms with E-state index in [1.165, 1.54) is 67.4 Å². The van der Waals surface area contributed by atoms with E-state index in [1.807, 2.05) is 13.0 Å². The molecule has 2 N–H and O–H groups in total. The quantitative estimate of drug-likeness (QED) is 0.396. The number of amides is 1. The minimum absolute atomic E-state index is 0.0338. The molecule has 0 radical (unpaired) electrons. The van der Waals surface area contributed by atoms with Crippen LogP contribution >= 0.6 is 11.8 Å². The number of nitrogens with zero attached hydrogens (tertiary/aromatic N) is 1. The maximum absolute atomic E-state index is 12.6. The summed E-state index contributed by atoms with van der Waals surface area (Å²) in [7, 11) is 0. The van der Waals surface area contributed by atoms with Crippen molar-refractivity contribution in [2.45, 2.75) is 49.4 Å². The van der Waals surface area contributed by atoms with Crippen molar-refractivity contribution in [3.8, 4) is 0 Å². The number of hydrogen-bond donors (Lipinski definition) is 2. The van der Waals surface area contributed by atoms with Crippen LogP contribution in [0, 0.1) is 10.1 Å². The Bertz CT molecular complexity index is 835. The Morgan fingerprint density at radius 2 is 1.76 bits per heavy atom. The van der Waals surface area contributed by atoms with Crippen LogP contribution in [0.4, 0.5) is 5.69 Å². The van der Waals surface area contributed by atoms with E-state index < -0.39 is 4.92 Å². The molecule has 1 aliphatic rings. The summed E-state index contributed by atoms with van der Waals surface area (Å²) in [6.45, 7) is 5.84. The Balaban J connectivity index is 1.53. The van der Waals surface area contributed by atoms with Gasteiger partial charge in [-0.1, -0.05) is 24.3 Å². The highest BCUT2D eigenvalue weighted by Crippen LogP contribution is 2.25. The average molecular weight is 415 g/mol. The number of carbonyl (C=O) groups excluding carboxylic acids is 1. The normalized spacial score (nSPS) is 15.6. The fraction of sp³-hybridized carbons (Fsp3) is 0.409. The molecule has 1 saturated heterocycles. The Labute approximate surface area is 175 Å². The monoisotopic (exact) mass is 414 g/mol. The van der Waals surface area contributed by atoms with Crippen molar-refractivity contribution in [1.82, 2.24) is 5.32 Å². The minimum Gasteiger partial charge on any atom is -0.351 e. The zero-order chi connectivity index (χ0) is 20.6. The second-order valence-corrected chi connectivity index (χ2v) is 8.90. The summed E-state index contributed by atoms with van der Waals surface area (Å²) < 4.78 is 0. The van der Waals surface area contributed by atoms with Gasteiger partial charge in [0.05, 0.1) is 23.3 Å². The third kappa shape index (κ3) is 6.30. The lowest BCUT2D eigenvalue weighted by Crippen LogP contribution is -3.11. The third-order valence-electron chi connectivity index (χ3n) is 5.30. The molecule has 3 rings (SSSR count). The van der Waals surface area contributed by atoms with E-state index in [-0.39, 0.29) is 16.8 Å². The molecule has 2 aromatic rings. The highest BCUT2D eigenvalue weighted by molar-refractivity contribution is 8.00. The first kappa shape index (κ1) is 21.3. The number of thioether (sulfide) groups is 1. The molecule has 1 heterocycles. The number of benzene rings is 2. The summed E-state index contributed by atoms with van der Waals surface area (Å²) in [5.41, 5.74) is 2.53. The van der Waals surface area contributed by atoms with Crippen molar-refractivity contribution in [2.75, 3.05) is 13.1 Å². The molecule has 0 unspecified atom stereocenters. The van der Waals surface area contributed by atoms with E-state index >= 15 is 0 Å². The van der Waals surface area contributed by atoms with Crippen LogP contribution in [0.15, 0.2) is 53.4 Å². The van der Waals surface area contributed by atoms with Crippen LogP contribution in [0.25, 0.3) is 0 Å². The number of non-ortho nitro benzene ring substituents is 1. The first-order valence-corrected chi connectivity index (χ1v) is 11.0. The number of hydrogen-bond acceptors (Lipinski definition) is 4. The number of carbonyl (C=O) groups is 1. The fourth-order valence-electron chi connectivity index (χ4n) is 3.63. The fourth-order valence-corrected chi connectivity index (χ4v) is 4.52. The molecule has 0 bridgehead atoms. The molecule has 2 aromatic carbocycles. The maximum atomic E-state index is 12.6. The van der Waals surface area contributed by atoms with Gasteiger partial charge in [-0.15, -0.1) is 11.8 Å². The Kier molecular flexibility index (Phi) is 7.66. The van der Waals surface area contributed by atoms with E-state index in [9.17, 15) is 14.9 Å². The summed E-state index contributed by atoms with van der Waals surface area (Å²) in [6.07, 6.45) is 3.93. The van der Waals surface area contributed by atoms with Gasteiger partial charge in [0, 0.05) is 29.1 Å². The first-order valence-electron chi connectivity index (χ1n) is 10.1. The van der Waals surface area contributed by atoms with Gasteiger partial charge in [-0.05, 0) is 43.9 Å². The zero-order valence-electron chi connectivity index (χ0n) is 16.7. The van der Waals surface area contributed by atoms with E-state index in [1.54, 1.807) is 17.0 Å². The molecule has 0 spiro atoms. The van der Waals surface area contributed by atoms with Crippen LogP contribution in [0.1, 0.15) is 37.3 Å². The van der Waals surface area contributed by atoms with Gasteiger partial charge in [-0.2, -0.15) is 0 Å². The van der Waals surface area contributed by atoms with Gasteiger partial charge in [0.1, 0.15) is 6.54 Å². The third-order valence-corrected chi connectivity index (χ3v) is 6.41. The molecule has 29 heavy (non-hydrogen) atoms. The van der Waals surface area contributed by atoms with Gasteiger partial charge < -0.3 is 10.2 Å². The Morgan fingerprint density at radius 3 is 2.41 bits per heavy atom. The second-order valence-electron chi connectivity index (χ2n) is 7.49. The van der Waals surface area contributed by atoms with Gasteiger partial charge in [0.25, 0.3) is 5.69 Å². The first-order chi connectivity index (χ1) is 14.0. The molecular formula is C22H28N3O3S+. The lowest BCUT2D eigenvalue weighted by molar-refractivity contribution is -0.918. The van der Waals surface area contributed by atoms with Gasteiger partial charge in [0.2, 0.25) is 5.91 Å². The van der Waals surface area contributed by atoms with E-state index in [0.717, 1.165) is 11.4 Å². The molecule has 0 aliphatic carbocycles. The van der Waals surface area contributed by atoms with Crippen LogP contribution in [-0.2, 0) is 17.9 Å². The van der Waals surface area contributed by atoms with E-state index in [0.29, 0.717) is 6.54 Å². The van der Waals surface area contributed by atoms with Crippen molar-refractivity contribution in [1.29, 1.82) is 0 Å². The predicted octanol–water partition coefficient (Wildman–Crippen LogP) is 2.96. The number of rotatable bonds is 8. The van der Waals surface area contributed by atoms with Crippen molar-refractivity contribution < 1.29 is 14.6 Å².